The number of aliphatic carboxylic acids is 1. The van der Waals surface area contributed by atoms with Crippen LogP contribution in [-0.2, 0) is 9.59 Å². The van der Waals surface area contributed by atoms with Crippen molar-refractivity contribution in [2.75, 3.05) is 5.32 Å². The molecule has 1 amide bonds. The van der Waals surface area contributed by atoms with Gasteiger partial charge in [-0.05, 0) is 42.5 Å². The quantitative estimate of drug-likeness (QED) is 0.844. The van der Waals surface area contributed by atoms with Crippen molar-refractivity contribution in [3.05, 3.63) is 49.0 Å². The summed E-state index contributed by atoms with van der Waals surface area (Å²) >= 11 is 0. The van der Waals surface area contributed by atoms with Crippen LogP contribution >= 0.6 is 0 Å². The van der Waals surface area contributed by atoms with E-state index in [4.69, 9.17) is 4.42 Å². The summed E-state index contributed by atoms with van der Waals surface area (Å²) in [5.41, 5.74) is 1.50. The lowest BCUT2D eigenvalue weighted by Gasteiger charge is -2.23. The number of hydrogen-bond donors (Lipinski definition) is 2. The van der Waals surface area contributed by atoms with Gasteiger partial charge in [-0.3, -0.25) is 9.59 Å². The van der Waals surface area contributed by atoms with Crippen molar-refractivity contribution in [2.45, 2.75) is 6.42 Å². The Balaban J connectivity index is 1.50. The maximum Gasteiger partial charge on any atom is 0.307 e. The van der Waals surface area contributed by atoms with Gasteiger partial charge in [-0.15, -0.1) is 0 Å². The average molecular weight is 324 g/mol. The smallest absolute Gasteiger partial charge is 0.307 e. The molecule has 0 saturated heterocycles. The van der Waals surface area contributed by atoms with Crippen molar-refractivity contribution in [3.8, 4) is 11.3 Å². The fourth-order valence-electron chi connectivity index (χ4n) is 3.82. The minimum absolute atomic E-state index is 0.0181. The summed E-state index contributed by atoms with van der Waals surface area (Å²) in [6.07, 6.45) is 7.63. The lowest BCUT2D eigenvalue weighted by molar-refractivity contribution is -0.146. The summed E-state index contributed by atoms with van der Waals surface area (Å²) < 4.78 is 5.22. The number of aromatic nitrogens is 1. The Bertz CT molecular complexity index is 795. The SMILES string of the molecule is O=C(O)[C@H]1[C@H](C(=O)Nc2ccc(-c3cnco3)cc2)[C@H]2C=C[C@H]1C2. The van der Waals surface area contributed by atoms with E-state index in [1.54, 1.807) is 18.3 Å². The number of benzene rings is 1. The molecular formula is C18H16N2O4. The number of allylic oxidation sites excluding steroid dienone is 2. The zero-order valence-electron chi connectivity index (χ0n) is 12.8. The number of nitrogens with zero attached hydrogens (tertiary/aromatic N) is 1. The van der Waals surface area contributed by atoms with Crippen LogP contribution in [0.1, 0.15) is 6.42 Å². The summed E-state index contributed by atoms with van der Waals surface area (Å²) in [4.78, 5) is 28.0. The van der Waals surface area contributed by atoms with Gasteiger partial charge in [0, 0.05) is 11.3 Å². The zero-order chi connectivity index (χ0) is 16.7. The van der Waals surface area contributed by atoms with Crippen LogP contribution in [0.3, 0.4) is 0 Å². The molecule has 1 fully saturated rings. The van der Waals surface area contributed by atoms with E-state index in [2.05, 4.69) is 10.3 Å². The third kappa shape index (κ3) is 2.40. The number of carboxylic acid groups (broad SMARTS) is 1. The Hall–Kier alpha value is -2.89. The third-order valence-corrected chi connectivity index (χ3v) is 4.92. The highest BCUT2D eigenvalue weighted by molar-refractivity contribution is 5.96. The second-order valence-corrected chi connectivity index (χ2v) is 6.27. The largest absolute Gasteiger partial charge is 0.481 e. The summed E-state index contributed by atoms with van der Waals surface area (Å²) in [7, 11) is 0. The summed E-state index contributed by atoms with van der Waals surface area (Å²) in [6.45, 7) is 0. The Morgan fingerprint density at radius 1 is 1.12 bits per heavy atom. The molecule has 122 valence electrons. The Labute approximate surface area is 138 Å². The van der Waals surface area contributed by atoms with Gasteiger partial charge in [0.2, 0.25) is 5.91 Å². The summed E-state index contributed by atoms with van der Waals surface area (Å²) in [5, 5.41) is 12.3. The van der Waals surface area contributed by atoms with Gasteiger partial charge in [0.1, 0.15) is 0 Å². The fourth-order valence-corrected chi connectivity index (χ4v) is 3.82. The topological polar surface area (TPSA) is 92.4 Å². The first-order chi connectivity index (χ1) is 11.6. The lowest BCUT2D eigenvalue weighted by Crippen LogP contribution is -2.36. The number of carboxylic acids is 1. The highest BCUT2D eigenvalue weighted by Crippen LogP contribution is 2.48. The van der Waals surface area contributed by atoms with E-state index in [1.165, 1.54) is 6.39 Å². The molecule has 0 aliphatic heterocycles. The predicted octanol–water partition coefficient (Wildman–Crippen LogP) is 2.80. The van der Waals surface area contributed by atoms with Crippen LogP contribution in [0.2, 0.25) is 0 Å². The predicted molar refractivity (Wildman–Crippen MR) is 85.9 cm³/mol. The Morgan fingerprint density at radius 3 is 2.46 bits per heavy atom. The van der Waals surface area contributed by atoms with E-state index >= 15 is 0 Å². The summed E-state index contributed by atoms with van der Waals surface area (Å²) in [6, 6.07) is 7.19. The molecule has 0 radical (unpaired) electrons. The van der Waals surface area contributed by atoms with Crippen LogP contribution in [-0.4, -0.2) is 22.0 Å². The van der Waals surface area contributed by atoms with Gasteiger partial charge in [-0.25, -0.2) is 4.98 Å². The number of carbonyl (C=O) groups is 2. The number of fused-ring (bicyclic) bond motifs is 2. The molecule has 4 rings (SSSR count). The van der Waals surface area contributed by atoms with E-state index in [0.717, 1.165) is 12.0 Å². The molecule has 0 spiro atoms. The van der Waals surface area contributed by atoms with Gasteiger partial charge in [-0.1, -0.05) is 12.2 Å². The first-order valence-electron chi connectivity index (χ1n) is 7.84. The number of amides is 1. The molecule has 2 aliphatic carbocycles. The van der Waals surface area contributed by atoms with Gasteiger partial charge < -0.3 is 14.8 Å². The number of hydrogen-bond acceptors (Lipinski definition) is 4. The van der Waals surface area contributed by atoms with Crippen molar-refractivity contribution < 1.29 is 19.1 Å². The number of nitrogens with one attached hydrogen (secondary N) is 1. The van der Waals surface area contributed by atoms with Gasteiger partial charge in [0.25, 0.3) is 0 Å². The highest BCUT2D eigenvalue weighted by Gasteiger charge is 2.51. The van der Waals surface area contributed by atoms with Crippen LogP contribution in [0.15, 0.2) is 53.4 Å². The highest BCUT2D eigenvalue weighted by atomic mass is 16.4. The monoisotopic (exact) mass is 324 g/mol. The third-order valence-electron chi connectivity index (χ3n) is 4.92. The van der Waals surface area contributed by atoms with E-state index in [1.807, 2.05) is 24.3 Å². The zero-order valence-corrected chi connectivity index (χ0v) is 12.8. The molecule has 1 aromatic heterocycles. The maximum atomic E-state index is 12.6. The van der Waals surface area contributed by atoms with Crippen molar-refractivity contribution >= 4 is 17.6 Å². The van der Waals surface area contributed by atoms with Crippen LogP contribution in [0.25, 0.3) is 11.3 Å². The van der Waals surface area contributed by atoms with E-state index in [9.17, 15) is 14.7 Å². The van der Waals surface area contributed by atoms with Crippen LogP contribution in [0, 0.1) is 23.7 Å². The van der Waals surface area contributed by atoms with Gasteiger partial charge in [0.15, 0.2) is 12.2 Å². The van der Waals surface area contributed by atoms with Crippen LogP contribution in [0.5, 0.6) is 0 Å². The van der Waals surface area contributed by atoms with E-state index < -0.39 is 17.8 Å². The molecule has 4 atom stereocenters. The van der Waals surface area contributed by atoms with E-state index in [0.29, 0.717) is 11.4 Å². The molecule has 1 aromatic carbocycles. The minimum atomic E-state index is -0.896. The molecular weight excluding hydrogens is 308 g/mol. The van der Waals surface area contributed by atoms with Crippen LogP contribution in [0.4, 0.5) is 5.69 Å². The lowest BCUT2D eigenvalue weighted by atomic mass is 9.82. The molecule has 6 nitrogen and oxygen atoms in total. The normalized spacial score (nSPS) is 27.3. The molecule has 2 bridgehead atoms. The molecule has 6 heteroatoms. The van der Waals surface area contributed by atoms with Gasteiger partial charge in [0.05, 0.1) is 18.0 Å². The number of rotatable bonds is 4. The first-order valence-corrected chi connectivity index (χ1v) is 7.84. The second kappa shape index (κ2) is 5.63. The van der Waals surface area contributed by atoms with Crippen molar-refractivity contribution in [3.63, 3.8) is 0 Å². The molecule has 24 heavy (non-hydrogen) atoms. The number of carbonyl (C=O) groups excluding carboxylic acids is 1. The minimum Gasteiger partial charge on any atom is -0.481 e. The molecule has 1 heterocycles. The Kier molecular flexibility index (Phi) is 3.45. The Morgan fingerprint density at radius 2 is 1.83 bits per heavy atom. The van der Waals surface area contributed by atoms with Gasteiger partial charge in [-0.2, -0.15) is 0 Å². The standard InChI is InChI=1S/C18H16N2O4/c21-17(15-11-1-2-12(7-11)16(15)18(22)23)20-13-5-3-10(4-6-13)14-8-19-9-24-14/h1-6,8-9,11-12,15-16H,7H2,(H,20,21)(H,22,23)/t11-,12-,15+,16+/m0/s1. The fraction of sp³-hybridized carbons (Fsp3) is 0.278. The molecule has 2 aliphatic rings. The maximum absolute atomic E-state index is 12.6. The van der Waals surface area contributed by atoms with E-state index in [-0.39, 0.29) is 17.7 Å². The van der Waals surface area contributed by atoms with Crippen molar-refractivity contribution in [2.24, 2.45) is 23.7 Å². The summed E-state index contributed by atoms with van der Waals surface area (Å²) in [5.74, 6) is -1.63. The first kappa shape index (κ1) is 14.7. The molecule has 1 saturated carbocycles. The van der Waals surface area contributed by atoms with Crippen molar-refractivity contribution in [1.82, 2.24) is 4.98 Å². The second-order valence-electron chi connectivity index (χ2n) is 6.27. The van der Waals surface area contributed by atoms with Crippen LogP contribution < -0.4 is 5.32 Å². The van der Waals surface area contributed by atoms with Gasteiger partial charge >= 0.3 is 5.97 Å². The van der Waals surface area contributed by atoms with Crippen molar-refractivity contribution in [1.29, 1.82) is 0 Å². The molecule has 2 N–H and O–H groups in total. The average Bonchev–Trinajstić information content (AvgIpc) is 3.31. The molecule has 2 aromatic rings. The molecule has 0 unspecified atom stereocenters. The number of oxazole rings is 1. The number of anilines is 1.